The Morgan fingerprint density at radius 1 is 1.29 bits per heavy atom. The summed E-state index contributed by atoms with van der Waals surface area (Å²) in [6.45, 7) is 1.43. The topological polar surface area (TPSA) is 29.0 Å². The molecule has 1 saturated heterocycles. The van der Waals surface area contributed by atoms with E-state index in [-0.39, 0.29) is 12.8 Å². The number of likely N-dealkylation sites (tertiary alicyclic amines) is 1. The molecule has 0 spiro atoms. The number of halogens is 4. The summed E-state index contributed by atoms with van der Waals surface area (Å²) in [5, 5.41) is 8.26. The minimum Gasteiger partial charge on any atom is -0.297 e. The van der Waals surface area contributed by atoms with Crippen LogP contribution in [0.2, 0.25) is 4.47 Å². The van der Waals surface area contributed by atoms with Gasteiger partial charge in [-0.25, -0.2) is 0 Å². The highest BCUT2D eigenvalue weighted by atomic mass is 35.5. The zero-order valence-electron chi connectivity index (χ0n) is 8.87. The van der Waals surface area contributed by atoms with E-state index in [1.807, 2.05) is 4.90 Å². The number of aromatic nitrogens is 2. The molecule has 17 heavy (non-hydrogen) atoms. The Balaban J connectivity index is 1.83. The molecule has 0 radical (unpaired) electrons. The van der Waals surface area contributed by atoms with Crippen LogP contribution in [0, 0.1) is 5.92 Å². The number of hydrogen-bond donors (Lipinski definition) is 0. The number of piperidine rings is 1. The van der Waals surface area contributed by atoms with Gasteiger partial charge in [-0.15, -0.1) is 10.2 Å². The van der Waals surface area contributed by atoms with Gasteiger partial charge < -0.3 is 0 Å². The first-order chi connectivity index (χ1) is 7.95. The van der Waals surface area contributed by atoms with Crippen molar-refractivity contribution in [3.63, 3.8) is 0 Å². The molecule has 1 aromatic heterocycles. The van der Waals surface area contributed by atoms with Crippen molar-refractivity contribution in [1.29, 1.82) is 0 Å². The molecule has 2 rings (SSSR count). The normalized spacial score (nSPS) is 19.8. The average molecular weight is 286 g/mol. The summed E-state index contributed by atoms with van der Waals surface area (Å²) in [7, 11) is 0. The fourth-order valence-corrected chi connectivity index (χ4v) is 2.82. The molecule has 0 amide bonds. The molecule has 1 fully saturated rings. The van der Waals surface area contributed by atoms with E-state index < -0.39 is 12.1 Å². The van der Waals surface area contributed by atoms with Crippen molar-refractivity contribution in [2.24, 2.45) is 5.92 Å². The van der Waals surface area contributed by atoms with E-state index in [2.05, 4.69) is 10.2 Å². The Morgan fingerprint density at radius 2 is 1.94 bits per heavy atom. The highest BCUT2D eigenvalue weighted by Gasteiger charge is 2.41. The minimum atomic E-state index is -4.06. The average Bonchev–Trinajstić information content (AvgIpc) is 2.63. The molecule has 8 heteroatoms. The Kier molecular flexibility index (Phi) is 3.89. The highest BCUT2D eigenvalue weighted by Crippen LogP contribution is 2.34. The molecular weight excluding hydrogens is 275 g/mol. The molecule has 96 valence electrons. The predicted octanol–water partition coefficient (Wildman–Crippen LogP) is 2.97. The van der Waals surface area contributed by atoms with Crippen LogP contribution in [0.5, 0.6) is 0 Å². The van der Waals surface area contributed by atoms with Gasteiger partial charge >= 0.3 is 6.18 Å². The number of nitrogens with zero attached hydrogens (tertiary/aromatic N) is 3. The molecule has 0 aliphatic carbocycles. The van der Waals surface area contributed by atoms with Crippen LogP contribution in [-0.4, -0.2) is 34.4 Å². The van der Waals surface area contributed by atoms with E-state index in [1.54, 1.807) is 0 Å². The van der Waals surface area contributed by atoms with Crippen molar-refractivity contribution in [1.82, 2.24) is 15.1 Å². The summed E-state index contributed by atoms with van der Waals surface area (Å²) >= 11 is 6.91. The Morgan fingerprint density at radius 3 is 2.41 bits per heavy atom. The summed E-state index contributed by atoms with van der Waals surface area (Å²) in [5.41, 5.74) is 0. The molecule has 0 bridgehead atoms. The van der Waals surface area contributed by atoms with Crippen molar-refractivity contribution >= 4 is 22.9 Å². The summed E-state index contributed by atoms with van der Waals surface area (Å²) in [6, 6.07) is 0. The Labute approximate surface area is 106 Å². The molecular formula is C9H11ClF3N3S. The van der Waals surface area contributed by atoms with E-state index in [0.29, 0.717) is 24.1 Å². The summed E-state index contributed by atoms with van der Waals surface area (Å²) in [5.74, 6) is -1.16. The molecule has 1 aliphatic rings. The van der Waals surface area contributed by atoms with Crippen LogP contribution >= 0.6 is 22.9 Å². The van der Waals surface area contributed by atoms with Gasteiger partial charge in [0.1, 0.15) is 5.01 Å². The van der Waals surface area contributed by atoms with Crippen molar-refractivity contribution in [2.75, 3.05) is 13.1 Å². The van der Waals surface area contributed by atoms with Gasteiger partial charge in [-0.3, -0.25) is 4.90 Å². The van der Waals surface area contributed by atoms with Crippen LogP contribution in [-0.2, 0) is 6.54 Å². The Hall–Kier alpha value is -0.400. The number of rotatable bonds is 2. The summed E-state index contributed by atoms with van der Waals surface area (Å²) in [6.07, 6.45) is -3.73. The van der Waals surface area contributed by atoms with Gasteiger partial charge in [0, 0.05) is 0 Å². The van der Waals surface area contributed by atoms with Crippen LogP contribution in [0.4, 0.5) is 13.2 Å². The number of hydrogen-bond acceptors (Lipinski definition) is 4. The van der Waals surface area contributed by atoms with E-state index in [1.165, 1.54) is 11.3 Å². The lowest BCUT2D eigenvalue weighted by molar-refractivity contribution is -0.185. The first-order valence-corrected chi connectivity index (χ1v) is 6.41. The largest absolute Gasteiger partial charge is 0.391 e. The maximum atomic E-state index is 12.4. The molecule has 0 aromatic carbocycles. The maximum absolute atomic E-state index is 12.4. The van der Waals surface area contributed by atoms with Gasteiger partial charge in [0.25, 0.3) is 0 Å². The van der Waals surface area contributed by atoms with E-state index >= 15 is 0 Å². The van der Waals surface area contributed by atoms with Crippen molar-refractivity contribution in [3.8, 4) is 0 Å². The van der Waals surface area contributed by atoms with Crippen LogP contribution in [0.1, 0.15) is 17.8 Å². The highest BCUT2D eigenvalue weighted by molar-refractivity contribution is 7.15. The van der Waals surface area contributed by atoms with Crippen molar-refractivity contribution in [3.05, 3.63) is 9.47 Å². The third kappa shape index (κ3) is 3.53. The second kappa shape index (κ2) is 5.07. The van der Waals surface area contributed by atoms with Gasteiger partial charge in [0.15, 0.2) is 0 Å². The molecule has 3 nitrogen and oxygen atoms in total. The van der Waals surface area contributed by atoms with Gasteiger partial charge in [-0.2, -0.15) is 13.2 Å². The molecule has 0 atom stereocenters. The SMILES string of the molecule is FC(F)(F)C1CCN(Cc2nnc(Cl)s2)CC1. The third-order valence-corrected chi connectivity index (χ3v) is 3.86. The molecule has 0 unspecified atom stereocenters. The van der Waals surface area contributed by atoms with E-state index in [0.717, 1.165) is 5.01 Å². The lowest BCUT2D eigenvalue weighted by Crippen LogP contribution is -2.38. The molecule has 1 aromatic rings. The molecule has 2 heterocycles. The van der Waals surface area contributed by atoms with Crippen LogP contribution in [0.15, 0.2) is 0 Å². The second-order valence-corrected chi connectivity index (χ2v) is 5.68. The molecule has 0 saturated carbocycles. The second-order valence-electron chi connectivity index (χ2n) is 4.04. The standard InChI is InChI=1S/C9H11ClF3N3S/c10-8-15-14-7(17-8)5-16-3-1-6(2-4-16)9(11,12)13/h6H,1-5H2. The van der Waals surface area contributed by atoms with E-state index in [9.17, 15) is 13.2 Å². The smallest absolute Gasteiger partial charge is 0.297 e. The first-order valence-electron chi connectivity index (χ1n) is 5.22. The fraction of sp³-hybridized carbons (Fsp3) is 0.778. The van der Waals surface area contributed by atoms with Gasteiger partial charge in [-0.05, 0) is 37.5 Å². The fourth-order valence-electron chi connectivity index (χ4n) is 1.91. The minimum absolute atomic E-state index is 0.163. The van der Waals surface area contributed by atoms with Crippen LogP contribution in [0.25, 0.3) is 0 Å². The van der Waals surface area contributed by atoms with Crippen LogP contribution in [0.3, 0.4) is 0 Å². The van der Waals surface area contributed by atoms with Crippen molar-refractivity contribution < 1.29 is 13.2 Å². The predicted molar refractivity (Wildman–Crippen MR) is 59.0 cm³/mol. The first kappa shape index (κ1) is 13.0. The monoisotopic (exact) mass is 285 g/mol. The molecule has 0 N–H and O–H groups in total. The van der Waals surface area contributed by atoms with E-state index in [4.69, 9.17) is 11.6 Å². The lowest BCUT2D eigenvalue weighted by Gasteiger charge is -2.32. The Bertz CT molecular complexity index is 374. The van der Waals surface area contributed by atoms with Gasteiger partial charge in [-0.1, -0.05) is 11.3 Å². The quantitative estimate of drug-likeness (QED) is 0.836. The zero-order chi connectivity index (χ0) is 12.5. The van der Waals surface area contributed by atoms with Crippen LogP contribution < -0.4 is 0 Å². The van der Waals surface area contributed by atoms with Gasteiger partial charge in [0.05, 0.1) is 12.5 Å². The number of alkyl halides is 3. The molecule has 1 aliphatic heterocycles. The van der Waals surface area contributed by atoms with Crippen molar-refractivity contribution in [2.45, 2.75) is 25.6 Å². The zero-order valence-corrected chi connectivity index (χ0v) is 10.4. The lowest BCUT2D eigenvalue weighted by atomic mass is 9.96. The summed E-state index contributed by atoms with van der Waals surface area (Å²) < 4.78 is 37.7. The van der Waals surface area contributed by atoms with Gasteiger partial charge in [0.2, 0.25) is 4.47 Å². The maximum Gasteiger partial charge on any atom is 0.391 e. The third-order valence-electron chi connectivity index (χ3n) is 2.85. The summed E-state index contributed by atoms with van der Waals surface area (Å²) in [4.78, 5) is 1.96.